The van der Waals surface area contributed by atoms with Crippen molar-refractivity contribution in [1.29, 1.82) is 0 Å². The molecule has 1 saturated carbocycles. The zero-order chi connectivity index (χ0) is 14.4. The Bertz CT molecular complexity index is 494. The maximum Gasteiger partial charge on any atom is 0.0476 e. The first-order valence-corrected chi connectivity index (χ1v) is 8.66. The Morgan fingerprint density at radius 1 is 1.14 bits per heavy atom. The molecule has 1 aromatic carbocycles. The number of hydrogen-bond donors (Lipinski definition) is 0. The summed E-state index contributed by atoms with van der Waals surface area (Å²) >= 11 is 0. The van der Waals surface area contributed by atoms with E-state index < -0.39 is 0 Å². The quantitative estimate of drug-likeness (QED) is 0.837. The minimum absolute atomic E-state index is 0.591. The molecular formula is C19H28N2. The van der Waals surface area contributed by atoms with E-state index in [0.717, 1.165) is 12.0 Å². The van der Waals surface area contributed by atoms with Gasteiger partial charge in [-0.3, -0.25) is 9.80 Å². The second kappa shape index (κ2) is 5.10. The third-order valence-electron chi connectivity index (χ3n) is 6.15. The number of benzene rings is 1. The highest BCUT2D eigenvalue weighted by molar-refractivity contribution is 5.21. The van der Waals surface area contributed by atoms with Crippen molar-refractivity contribution in [3.05, 3.63) is 35.9 Å². The van der Waals surface area contributed by atoms with Crippen LogP contribution in [0.25, 0.3) is 0 Å². The van der Waals surface area contributed by atoms with Crippen LogP contribution in [0.15, 0.2) is 30.3 Å². The molecule has 0 bridgehead atoms. The van der Waals surface area contributed by atoms with Gasteiger partial charge in [-0.2, -0.15) is 0 Å². The van der Waals surface area contributed by atoms with E-state index in [9.17, 15) is 0 Å². The van der Waals surface area contributed by atoms with Gasteiger partial charge in [0.15, 0.2) is 0 Å². The van der Waals surface area contributed by atoms with Crippen molar-refractivity contribution in [2.24, 2.45) is 11.3 Å². The molecule has 2 saturated heterocycles. The lowest BCUT2D eigenvalue weighted by atomic mass is 9.98. The van der Waals surface area contributed by atoms with Crippen LogP contribution in [-0.4, -0.2) is 42.0 Å². The molecule has 0 amide bonds. The second-order valence-corrected chi connectivity index (χ2v) is 8.06. The molecule has 0 spiro atoms. The summed E-state index contributed by atoms with van der Waals surface area (Å²) in [5.41, 5.74) is 2.11. The molecule has 2 aliphatic heterocycles. The molecule has 3 unspecified atom stereocenters. The SMILES string of the molecule is CC1(C)CC1CN1CC2CCCN2CC1c1ccccc1. The Kier molecular flexibility index (Phi) is 3.35. The monoisotopic (exact) mass is 284 g/mol. The van der Waals surface area contributed by atoms with Crippen molar-refractivity contribution >= 4 is 0 Å². The molecule has 114 valence electrons. The number of rotatable bonds is 3. The normalized spacial score (nSPS) is 35.6. The van der Waals surface area contributed by atoms with Crippen molar-refractivity contribution in [2.75, 3.05) is 26.2 Å². The van der Waals surface area contributed by atoms with Gasteiger partial charge in [0.2, 0.25) is 0 Å². The van der Waals surface area contributed by atoms with Gasteiger partial charge in [-0.15, -0.1) is 0 Å². The van der Waals surface area contributed by atoms with Crippen LogP contribution in [0.2, 0.25) is 0 Å². The molecule has 3 atom stereocenters. The van der Waals surface area contributed by atoms with Crippen LogP contribution in [0.1, 0.15) is 44.7 Å². The van der Waals surface area contributed by atoms with E-state index in [4.69, 9.17) is 0 Å². The van der Waals surface area contributed by atoms with Gasteiger partial charge in [0.1, 0.15) is 0 Å². The van der Waals surface area contributed by atoms with Crippen LogP contribution in [0, 0.1) is 11.3 Å². The first-order valence-electron chi connectivity index (χ1n) is 8.66. The summed E-state index contributed by atoms with van der Waals surface area (Å²) in [4.78, 5) is 5.55. The third kappa shape index (κ3) is 2.64. The predicted molar refractivity (Wildman–Crippen MR) is 87.2 cm³/mol. The zero-order valence-corrected chi connectivity index (χ0v) is 13.5. The van der Waals surface area contributed by atoms with Gasteiger partial charge in [0, 0.05) is 31.7 Å². The van der Waals surface area contributed by atoms with Crippen molar-refractivity contribution in [2.45, 2.75) is 45.2 Å². The van der Waals surface area contributed by atoms with Crippen LogP contribution in [-0.2, 0) is 0 Å². The standard InChI is InChI=1S/C19H28N2/c1-19(2)11-16(19)12-21-13-17-9-6-10-20(17)14-18(21)15-7-4-3-5-8-15/h3-5,7-8,16-18H,6,9-14H2,1-2H3. The minimum atomic E-state index is 0.591. The van der Waals surface area contributed by atoms with E-state index in [1.807, 2.05) is 0 Å². The summed E-state index contributed by atoms with van der Waals surface area (Å²) in [5.74, 6) is 0.914. The molecule has 2 heteroatoms. The van der Waals surface area contributed by atoms with E-state index in [0.29, 0.717) is 11.5 Å². The highest BCUT2D eigenvalue weighted by Gasteiger charge is 2.48. The van der Waals surface area contributed by atoms with Crippen molar-refractivity contribution < 1.29 is 0 Å². The Balaban J connectivity index is 1.55. The third-order valence-corrected chi connectivity index (χ3v) is 6.15. The fourth-order valence-corrected chi connectivity index (χ4v) is 4.44. The molecule has 3 fully saturated rings. The number of nitrogens with zero attached hydrogens (tertiary/aromatic N) is 2. The molecule has 0 N–H and O–H groups in total. The van der Waals surface area contributed by atoms with Crippen LogP contribution in [0.3, 0.4) is 0 Å². The van der Waals surface area contributed by atoms with E-state index in [1.165, 1.54) is 51.0 Å². The van der Waals surface area contributed by atoms with Gasteiger partial charge in [-0.05, 0) is 42.7 Å². The lowest BCUT2D eigenvalue weighted by Gasteiger charge is -2.44. The molecule has 0 radical (unpaired) electrons. The van der Waals surface area contributed by atoms with Gasteiger partial charge in [0.05, 0.1) is 0 Å². The topological polar surface area (TPSA) is 6.48 Å². The largest absolute Gasteiger partial charge is 0.297 e. The Morgan fingerprint density at radius 2 is 1.90 bits per heavy atom. The average Bonchev–Trinajstić information content (AvgIpc) is 2.87. The molecule has 1 aromatic rings. The van der Waals surface area contributed by atoms with Gasteiger partial charge in [0.25, 0.3) is 0 Å². The zero-order valence-electron chi connectivity index (χ0n) is 13.5. The summed E-state index contributed by atoms with van der Waals surface area (Å²) in [6.07, 6.45) is 4.22. The molecule has 4 rings (SSSR count). The maximum atomic E-state index is 2.81. The first kappa shape index (κ1) is 13.8. The molecule has 2 nitrogen and oxygen atoms in total. The van der Waals surface area contributed by atoms with Crippen molar-refractivity contribution in [1.82, 2.24) is 9.80 Å². The van der Waals surface area contributed by atoms with E-state index >= 15 is 0 Å². The van der Waals surface area contributed by atoms with Gasteiger partial charge in [-0.1, -0.05) is 44.2 Å². The maximum absolute atomic E-state index is 2.81. The Morgan fingerprint density at radius 3 is 2.62 bits per heavy atom. The summed E-state index contributed by atoms with van der Waals surface area (Å²) < 4.78 is 0. The molecule has 21 heavy (non-hydrogen) atoms. The summed E-state index contributed by atoms with van der Waals surface area (Å²) in [6.45, 7) is 10.0. The molecule has 1 aliphatic carbocycles. The number of fused-ring (bicyclic) bond motifs is 1. The van der Waals surface area contributed by atoms with Crippen molar-refractivity contribution in [3.8, 4) is 0 Å². The second-order valence-electron chi connectivity index (χ2n) is 8.06. The summed E-state index contributed by atoms with van der Waals surface area (Å²) in [7, 11) is 0. The predicted octanol–water partition coefficient (Wildman–Crippen LogP) is 3.55. The number of hydrogen-bond acceptors (Lipinski definition) is 2. The van der Waals surface area contributed by atoms with Crippen LogP contribution < -0.4 is 0 Å². The Hall–Kier alpha value is -0.860. The average molecular weight is 284 g/mol. The van der Waals surface area contributed by atoms with Gasteiger partial charge in [-0.25, -0.2) is 0 Å². The van der Waals surface area contributed by atoms with E-state index in [2.05, 4.69) is 54.0 Å². The van der Waals surface area contributed by atoms with Crippen molar-refractivity contribution in [3.63, 3.8) is 0 Å². The van der Waals surface area contributed by atoms with Crippen LogP contribution in [0.4, 0.5) is 0 Å². The van der Waals surface area contributed by atoms with Gasteiger partial charge < -0.3 is 0 Å². The van der Waals surface area contributed by atoms with Gasteiger partial charge >= 0.3 is 0 Å². The summed E-state index contributed by atoms with van der Waals surface area (Å²) in [6, 6.07) is 12.6. The van der Waals surface area contributed by atoms with Crippen LogP contribution in [0.5, 0.6) is 0 Å². The van der Waals surface area contributed by atoms with Crippen LogP contribution >= 0.6 is 0 Å². The molecule has 0 aromatic heterocycles. The fourth-order valence-electron chi connectivity index (χ4n) is 4.44. The van der Waals surface area contributed by atoms with E-state index in [-0.39, 0.29) is 0 Å². The molecule has 2 heterocycles. The fraction of sp³-hybridized carbons (Fsp3) is 0.684. The Labute approximate surface area is 129 Å². The first-order chi connectivity index (χ1) is 10.1. The highest BCUT2D eigenvalue weighted by Crippen LogP contribution is 2.52. The summed E-state index contributed by atoms with van der Waals surface area (Å²) in [5, 5.41) is 0. The smallest absolute Gasteiger partial charge is 0.0476 e. The lowest BCUT2D eigenvalue weighted by Crippen LogP contribution is -2.52. The van der Waals surface area contributed by atoms with E-state index in [1.54, 1.807) is 0 Å². The lowest BCUT2D eigenvalue weighted by molar-refractivity contribution is 0.0448. The highest BCUT2D eigenvalue weighted by atomic mass is 15.3. The molecule has 3 aliphatic rings. The molecular weight excluding hydrogens is 256 g/mol. The number of piperazine rings is 1. The minimum Gasteiger partial charge on any atom is -0.297 e.